The van der Waals surface area contributed by atoms with Crippen molar-refractivity contribution in [2.24, 2.45) is 0 Å². The van der Waals surface area contributed by atoms with Gasteiger partial charge in [0, 0.05) is 19.2 Å². The van der Waals surface area contributed by atoms with Gasteiger partial charge in [0.1, 0.15) is 0 Å². The van der Waals surface area contributed by atoms with E-state index in [0.717, 1.165) is 24.2 Å². The first kappa shape index (κ1) is 22.8. The molecule has 2 amide bonds. The summed E-state index contributed by atoms with van der Waals surface area (Å²) in [7, 11) is 1.49. The quantitative estimate of drug-likeness (QED) is 0.574. The van der Waals surface area contributed by atoms with Crippen LogP contribution in [0.5, 0.6) is 0 Å². The second-order valence-electron chi connectivity index (χ2n) is 7.25. The fourth-order valence-electron chi connectivity index (χ4n) is 3.43. The summed E-state index contributed by atoms with van der Waals surface area (Å²) in [6, 6.07) is 13.8. The lowest BCUT2D eigenvalue weighted by molar-refractivity contribution is -0.164. The van der Waals surface area contributed by atoms with Gasteiger partial charge in [0.05, 0.1) is 22.6 Å². The summed E-state index contributed by atoms with van der Waals surface area (Å²) in [4.78, 5) is 27.2. The third-order valence-corrected chi connectivity index (χ3v) is 5.89. The molecule has 5 nitrogen and oxygen atoms in total. The number of benzene rings is 2. The van der Waals surface area contributed by atoms with Crippen molar-refractivity contribution in [3.63, 3.8) is 0 Å². The summed E-state index contributed by atoms with van der Waals surface area (Å²) in [5.74, 6) is -1.28. The standard InChI is InChI=1S/C23H25Cl2NO4/c1-26(22(27)16-7-3-2-4-8-16)23(28)18(17-10-11-19(24)20(25)15-17)12-14-30-21-9-5-6-13-29-21/h2-4,7-8,10-11,15,18,21H,5-6,9,12-14H2,1H3. The van der Waals surface area contributed by atoms with Gasteiger partial charge in [-0.1, -0.05) is 47.5 Å². The van der Waals surface area contributed by atoms with Gasteiger partial charge in [-0.25, -0.2) is 0 Å². The normalized spacial score (nSPS) is 17.4. The van der Waals surface area contributed by atoms with Crippen molar-refractivity contribution in [2.75, 3.05) is 20.3 Å². The van der Waals surface area contributed by atoms with Crippen LogP contribution in [0, 0.1) is 0 Å². The average Bonchev–Trinajstić information content (AvgIpc) is 2.78. The summed E-state index contributed by atoms with van der Waals surface area (Å²) in [6.45, 7) is 1.02. The maximum Gasteiger partial charge on any atom is 0.260 e. The van der Waals surface area contributed by atoms with Gasteiger partial charge in [-0.05, 0) is 55.5 Å². The van der Waals surface area contributed by atoms with Crippen LogP contribution in [-0.2, 0) is 14.3 Å². The number of amides is 2. The highest BCUT2D eigenvalue weighted by atomic mass is 35.5. The van der Waals surface area contributed by atoms with E-state index in [0.29, 0.717) is 40.8 Å². The lowest BCUT2D eigenvalue weighted by Crippen LogP contribution is -2.37. The molecule has 7 heteroatoms. The Kier molecular flexibility index (Phi) is 8.28. The molecule has 0 saturated carbocycles. The third kappa shape index (κ3) is 5.82. The molecule has 2 atom stereocenters. The molecule has 2 aromatic rings. The van der Waals surface area contributed by atoms with Gasteiger partial charge < -0.3 is 9.47 Å². The number of halogens is 2. The molecule has 0 aliphatic carbocycles. The number of likely N-dealkylation sites (N-methyl/N-ethyl adjacent to an activating group) is 1. The van der Waals surface area contributed by atoms with E-state index >= 15 is 0 Å². The minimum absolute atomic E-state index is 0.244. The summed E-state index contributed by atoms with van der Waals surface area (Å²) < 4.78 is 11.4. The van der Waals surface area contributed by atoms with E-state index in [9.17, 15) is 9.59 Å². The van der Waals surface area contributed by atoms with E-state index in [1.807, 2.05) is 6.07 Å². The van der Waals surface area contributed by atoms with Gasteiger partial charge in [-0.3, -0.25) is 14.5 Å². The number of ether oxygens (including phenoxy) is 2. The highest BCUT2D eigenvalue weighted by Gasteiger charge is 2.29. The van der Waals surface area contributed by atoms with Crippen LogP contribution in [0.1, 0.15) is 47.5 Å². The number of hydrogen-bond donors (Lipinski definition) is 0. The summed E-state index contributed by atoms with van der Waals surface area (Å²) >= 11 is 12.2. The van der Waals surface area contributed by atoms with Crippen molar-refractivity contribution < 1.29 is 19.1 Å². The smallest absolute Gasteiger partial charge is 0.260 e. The molecule has 1 fully saturated rings. The number of nitrogens with zero attached hydrogens (tertiary/aromatic N) is 1. The van der Waals surface area contributed by atoms with Gasteiger partial charge in [0.15, 0.2) is 6.29 Å². The maximum atomic E-state index is 13.3. The molecule has 160 valence electrons. The molecule has 3 rings (SSSR count). The number of imide groups is 1. The Morgan fingerprint density at radius 1 is 1.13 bits per heavy atom. The Morgan fingerprint density at radius 3 is 2.57 bits per heavy atom. The molecule has 0 radical (unpaired) electrons. The van der Waals surface area contributed by atoms with Crippen LogP contribution >= 0.6 is 23.2 Å². The molecule has 2 unspecified atom stereocenters. The molecule has 30 heavy (non-hydrogen) atoms. The zero-order chi connectivity index (χ0) is 21.5. The van der Waals surface area contributed by atoms with E-state index in [-0.39, 0.29) is 18.1 Å². The van der Waals surface area contributed by atoms with Gasteiger partial charge in [0.25, 0.3) is 5.91 Å². The molecular weight excluding hydrogens is 425 g/mol. The molecule has 0 bridgehead atoms. The van der Waals surface area contributed by atoms with Crippen molar-refractivity contribution >= 4 is 35.0 Å². The molecule has 1 aliphatic heterocycles. The summed E-state index contributed by atoms with van der Waals surface area (Å²) in [5, 5.41) is 0.771. The van der Waals surface area contributed by atoms with Crippen LogP contribution in [0.25, 0.3) is 0 Å². The predicted octanol–water partition coefficient (Wildman–Crippen LogP) is 5.31. The van der Waals surface area contributed by atoms with Crippen molar-refractivity contribution in [1.29, 1.82) is 0 Å². The molecule has 0 N–H and O–H groups in total. The van der Waals surface area contributed by atoms with E-state index in [1.165, 1.54) is 7.05 Å². The highest BCUT2D eigenvalue weighted by Crippen LogP contribution is 2.30. The lowest BCUT2D eigenvalue weighted by Gasteiger charge is -2.26. The first-order valence-electron chi connectivity index (χ1n) is 10.0. The van der Waals surface area contributed by atoms with Gasteiger partial charge in [0.2, 0.25) is 5.91 Å². The van der Waals surface area contributed by atoms with E-state index in [1.54, 1.807) is 42.5 Å². The van der Waals surface area contributed by atoms with E-state index in [4.69, 9.17) is 32.7 Å². The SMILES string of the molecule is CN(C(=O)c1ccccc1)C(=O)C(CCOC1CCCCO1)c1ccc(Cl)c(Cl)c1. The topological polar surface area (TPSA) is 55.8 Å². The second kappa shape index (κ2) is 10.9. The van der Waals surface area contributed by atoms with Crippen LogP contribution < -0.4 is 0 Å². The molecule has 1 aliphatic rings. The van der Waals surface area contributed by atoms with Gasteiger partial charge in [-0.15, -0.1) is 0 Å². The number of carbonyl (C=O) groups excluding carboxylic acids is 2. The van der Waals surface area contributed by atoms with Crippen molar-refractivity contribution in [1.82, 2.24) is 4.90 Å². The molecule has 0 aromatic heterocycles. The fraction of sp³-hybridized carbons (Fsp3) is 0.391. The molecule has 1 heterocycles. The van der Waals surface area contributed by atoms with E-state index < -0.39 is 5.92 Å². The van der Waals surface area contributed by atoms with Crippen molar-refractivity contribution in [2.45, 2.75) is 37.9 Å². The lowest BCUT2D eigenvalue weighted by atomic mass is 9.94. The third-order valence-electron chi connectivity index (χ3n) is 5.15. The Balaban J connectivity index is 1.75. The van der Waals surface area contributed by atoms with Crippen LogP contribution in [-0.4, -0.2) is 43.3 Å². The van der Waals surface area contributed by atoms with Gasteiger partial charge >= 0.3 is 0 Å². The van der Waals surface area contributed by atoms with Gasteiger partial charge in [-0.2, -0.15) is 0 Å². The highest BCUT2D eigenvalue weighted by molar-refractivity contribution is 6.42. The minimum atomic E-state index is -0.596. The number of hydrogen-bond acceptors (Lipinski definition) is 4. The van der Waals surface area contributed by atoms with Crippen molar-refractivity contribution in [3.8, 4) is 0 Å². The summed E-state index contributed by atoms with van der Waals surface area (Å²) in [6.07, 6.45) is 3.10. The monoisotopic (exact) mass is 449 g/mol. The predicted molar refractivity (Wildman–Crippen MR) is 117 cm³/mol. The van der Waals surface area contributed by atoms with Crippen LogP contribution in [0.2, 0.25) is 10.0 Å². The minimum Gasteiger partial charge on any atom is -0.353 e. The zero-order valence-electron chi connectivity index (χ0n) is 16.9. The summed E-state index contributed by atoms with van der Waals surface area (Å²) in [5.41, 5.74) is 1.14. The number of rotatable bonds is 7. The second-order valence-corrected chi connectivity index (χ2v) is 8.06. The molecular formula is C23H25Cl2NO4. The first-order chi connectivity index (χ1) is 14.5. The maximum absolute atomic E-state index is 13.3. The fourth-order valence-corrected chi connectivity index (χ4v) is 3.74. The van der Waals surface area contributed by atoms with E-state index in [2.05, 4.69) is 0 Å². The Hall–Kier alpha value is -1.92. The van der Waals surface area contributed by atoms with Crippen LogP contribution in [0.4, 0.5) is 0 Å². The molecule has 1 saturated heterocycles. The Labute approximate surface area is 186 Å². The Morgan fingerprint density at radius 2 is 1.90 bits per heavy atom. The largest absolute Gasteiger partial charge is 0.353 e. The molecule has 2 aromatic carbocycles. The number of carbonyl (C=O) groups is 2. The van der Waals surface area contributed by atoms with Crippen LogP contribution in [0.3, 0.4) is 0 Å². The zero-order valence-corrected chi connectivity index (χ0v) is 18.4. The average molecular weight is 450 g/mol. The molecule has 0 spiro atoms. The van der Waals surface area contributed by atoms with Crippen LogP contribution in [0.15, 0.2) is 48.5 Å². The first-order valence-corrected chi connectivity index (χ1v) is 10.8. The van der Waals surface area contributed by atoms with Crippen molar-refractivity contribution in [3.05, 3.63) is 69.7 Å². The Bertz CT molecular complexity index is 869.